The zero-order valence-electron chi connectivity index (χ0n) is 12.4. The van der Waals surface area contributed by atoms with Crippen LogP contribution in [0.15, 0.2) is 42.6 Å². The maximum atomic E-state index is 12.3. The van der Waals surface area contributed by atoms with Gasteiger partial charge in [0.15, 0.2) is 6.10 Å². The lowest BCUT2D eigenvalue weighted by molar-refractivity contribution is -0.390. The van der Waals surface area contributed by atoms with Crippen molar-refractivity contribution < 1.29 is 14.5 Å². The number of hydrogen-bond donors (Lipinski definition) is 0. The Kier molecular flexibility index (Phi) is 4.83. The van der Waals surface area contributed by atoms with E-state index >= 15 is 0 Å². The number of nitro groups is 1. The van der Waals surface area contributed by atoms with Gasteiger partial charge in [0.05, 0.1) is 0 Å². The quantitative estimate of drug-likeness (QED) is 0.465. The topological polar surface area (TPSA) is 82.3 Å². The minimum absolute atomic E-state index is 0.0153. The number of carbonyl (C=O) groups is 1. The number of aromatic nitrogens is 1. The summed E-state index contributed by atoms with van der Waals surface area (Å²) in [6.07, 6.45) is 1.36. The summed E-state index contributed by atoms with van der Waals surface area (Å²) >= 11 is 0. The molecule has 0 aliphatic heterocycles. The van der Waals surface area contributed by atoms with Gasteiger partial charge < -0.3 is 14.9 Å². The average Bonchev–Trinajstić information content (AvgIpc) is 2.54. The zero-order chi connectivity index (χ0) is 16.1. The number of aryl methyl sites for hydroxylation is 1. The standard InChI is InChI=1S/C16H16N2O4/c1-3-12-6-8-13(9-7-12)15(19)11(2)22-14-5-4-10-17-16(14)18(20)21/h4-11H,3H2,1-2H3. The summed E-state index contributed by atoms with van der Waals surface area (Å²) in [6, 6.07) is 10.2. The molecule has 22 heavy (non-hydrogen) atoms. The third-order valence-corrected chi connectivity index (χ3v) is 3.24. The van der Waals surface area contributed by atoms with Crippen molar-refractivity contribution in [3.63, 3.8) is 0 Å². The minimum atomic E-state index is -0.838. The van der Waals surface area contributed by atoms with Crippen LogP contribution in [0.3, 0.4) is 0 Å². The van der Waals surface area contributed by atoms with Crippen LogP contribution in [0.2, 0.25) is 0 Å². The van der Waals surface area contributed by atoms with Gasteiger partial charge in [-0.1, -0.05) is 31.2 Å². The van der Waals surface area contributed by atoms with Gasteiger partial charge in [0, 0.05) is 5.56 Å². The lowest BCUT2D eigenvalue weighted by atomic mass is 10.0. The largest absolute Gasteiger partial charge is 0.474 e. The molecular formula is C16H16N2O4. The van der Waals surface area contributed by atoms with Gasteiger partial charge in [-0.3, -0.25) is 4.79 Å². The Labute approximate surface area is 127 Å². The van der Waals surface area contributed by atoms with Crippen LogP contribution in [0.25, 0.3) is 0 Å². The van der Waals surface area contributed by atoms with Crippen molar-refractivity contribution in [3.05, 3.63) is 63.8 Å². The van der Waals surface area contributed by atoms with Gasteiger partial charge in [0.2, 0.25) is 11.5 Å². The second-order valence-electron chi connectivity index (χ2n) is 4.76. The molecule has 0 N–H and O–H groups in total. The van der Waals surface area contributed by atoms with Crippen molar-refractivity contribution >= 4 is 11.6 Å². The van der Waals surface area contributed by atoms with Crippen molar-refractivity contribution in [1.29, 1.82) is 0 Å². The highest BCUT2D eigenvalue weighted by Crippen LogP contribution is 2.24. The van der Waals surface area contributed by atoms with E-state index in [0.717, 1.165) is 12.0 Å². The summed E-state index contributed by atoms with van der Waals surface area (Å²) in [5.41, 5.74) is 1.64. The predicted molar refractivity (Wildman–Crippen MR) is 81.1 cm³/mol. The SMILES string of the molecule is CCc1ccc(C(=O)C(C)Oc2cccnc2[N+](=O)[O-])cc1. The summed E-state index contributed by atoms with van der Waals surface area (Å²) in [6.45, 7) is 3.59. The number of ether oxygens (including phenoxy) is 1. The highest BCUT2D eigenvalue weighted by Gasteiger charge is 2.22. The second-order valence-corrected chi connectivity index (χ2v) is 4.76. The summed E-state index contributed by atoms with van der Waals surface area (Å²) in [7, 11) is 0. The third-order valence-electron chi connectivity index (χ3n) is 3.24. The van der Waals surface area contributed by atoms with Crippen LogP contribution < -0.4 is 4.74 Å². The maximum Gasteiger partial charge on any atom is 0.406 e. The number of Topliss-reactive ketones (excluding diaryl/α,β-unsaturated/α-hetero) is 1. The first-order chi connectivity index (χ1) is 10.5. The molecule has 1 atom stereocenters. The number of nitrogens with zero attached hydrogens (tertiary/aromatic N) is 2. The summed E-state index contributed by atoms with van der Waals surface area (Å²) in [5, 5.41) is 10.9. The van der Waals surface area contributed by atoms with Crippen LogP contribution in [-0.2, 0) is 6.42 Å². The van der Waals surface area contributed by atoms with E-state index in [1.54, 1.807) is 19.1 Å². The number of pyridine rings is 1. The lowest BCUT2D eigenvalue weighted by Gasteiger charge is -2.13. The molecule has 1 heterocycles. The van der Waals surface area contributed by atoms with Gasteiger partial charge in [0.25, 0.3) is 0 Å². The molecule has 1 aromatic carbocycles. The maximum absolute atomic E-state index is 12.3. The Hall–Kier alpha value is -2.76. The monoisotopic (exact) mass is 300 g/mol. The summed E-state index contributed by atoms with van der Waals surface area (Å²) < 4.78 is 5.43. The lowest BCUT2D eigenvalue weighted by Crippen LogP contribution is -2.24. The fraction of sp³-hybridized carbons (Fsp3) is 0.250. The first-order valence-electron chi connectivity index (χ1n) is 6.92. The first-order valence-corrected chi connectivity index (χ1v) is 6.92. The number of hydrogen-bond acceptors (Lipinski definition) is 5. The molecule has 0 aliphatic carbocycles. The van der Waals surface area contributed by atoms with Gasteiger partial charge in [0.1, 0.15) is 6.20 Å². The Morgan fingerprint density at radius 3 is 2.59 bits per heavy atom. The van der Waals surface area contributed by atoms with Crippen LogP contribution in [0.5, 0.6) is 5.75 Å². The fourth-order valence-corrected chi connectivity index (χ4v) is 1.99. The van der Waals surface area contributed by atoms with Crippen molar-refractivity contribution in [2.75, 3.05) is 0 Å². The summed E-state index contributed by atoms with van der Waals surface area (Å²) in [5.74, 6) is -0.650. The van der Waals surface area contributed by atoms with E-state index in [1.165, 1.54) is 18.3 Å². The molecule has 2 aromatic rings. The molecule has 1 unspecified atom stereocenters. The van der Waals surface area contributed by atoms with E-state index in [1.807, 2.05) is 19.1 Å². The molecule has 0 saturated heterocycles. The van der Waals surface area contributed by atoms with Crippen LogP contribution in [0.4, 0.5) is 5.82 Å². The first kappa shape index (κ1) is 15.6. The molecule has 114 valence electrons. The molecule has 6 heteroatoms. The van der Waals surface area contributed by atoms with Crippen LogP contribution in [0.1, 0.15) is 29.8 Å². The van der Waals surface area contributed by atoms with E-state index in [0.29, 0.717) is 5.56 Å². The van der Waals surface area contributed by atoms with Gasteiger partial charge in [-0.15, -0.1) is 0 Å². The molecule has 0 bridgehead atoms. The summed E-state index contributed by atoms with van der Waals surface area (Å²) in [4.78, 5) is 26.2. The number of rotatable bonds is 6. The smallest absolute Gasteiger partial charge is 0.406 e. The average molecular weight is 300 g/mol. The Balaban J connectivity index is 2.16. The molecule has 0 aliphatic rings. The Morgan fingerprint density at radius 1 is 1.32 bits per heavy atom. The van der Waals surface area contributed by atoms with E-state index in [9.17, 15) is 14.9 Å². The molecule has 0 radical (unpaired) electrons. The van der Waals surface area contributed by atoms with Crippen molar-refractivity contribution in [2.24, 2.45) is 0 Å². The van der Waals surface area contributed by atoms with E-state index < -0.39 is 16.8 Å². The second kappa shape index (κ2) is 6.80. The number of ketones is 1. The molecule has 1 aromatic heterocycles. The van der Waals surface area contributed by atoms with Crippen molar-refractivity contribution in [1.82, 2.24) is 4.98 Å². The van der Waals surface area contributed by atoms with Gasteiger partial charge in [-0.25, -0.2) is 0 Å². The van der Waals surface area contributed by atoms with Gasteiger partial charge >= 0.3 is 5.82 Å². The van der Waals surface area contributed by atoms with Crippen LogP contribution in [0, 0.1) is 10.1 Å². The molecule has 0 amide bonds. The Morgan fingerprint density at radius 2 is 2.00 bits per heavy atom. The van der Waals surface area contributed by atoms with E-state index in [2.05, 4.69) is 4.98 Å². The zero-order valence-corrected chi connectivity index (χ0v) is 12.4. The van der Waals surface area contributed by atoms with Crippen molar-refractivity contribution in [3.8, 4) is 5.75 Å². The number of carbonyl (C=O) groups excluding carboxylic acids is 1. The molecule has 0 fully saturated rings. The van der Waals surface area contributed by atoms with Gasteiger partial charge in [-0.2, -0.15) is 0 Å². The minimum Gasteiger partial charge on any atom is -0.474 e. The molecule has 2 rings (SSSR count). The number of benzene rings is 1. The molecule has 0 saturated carbocycles. The highest BCUT2D eigenvalue weighted by atomic mass is 16.6. The normalized spacial score (nSPS) is 11.7. The van der Waals surface area contributed by atoms with Crippen molar-refractivity contribution in [2.45, 2.75) is 26.4 Å². The molecular weight excluding hydrogens is 284 g/mol. The molecule has 0 spiro atoms. The predicted octanol–water partition coefficient (Wildman–Crippen LogP) is 3.20. The molecule has 6 nitrogen and oxygen atoms in total. The Bertz CT molecular complexity index is 683. The van der Waals surface area contributed by atoms with E-state index in [4.69, 9.17) is 4.74 Å². The fourth-order valence-electron chi connectivity index (χ4n) is 1.99. The van der Waals surface area contributed by atoms with Gasteiger partial charge in [-0.05, 0) is 40.9 Å². The highest BCUT2D eigenvalue weighted by molar-refractivity contribution is 5.99. The van der Waals surface area contributed by atoms with E-state index in [-0.39, 0.29) is 11.5 Å². The third kappa shape index (κ3) is 3.46. The van der Waals surface area contributed by atoms with Crippen LogP contribution in [-0.4, -0.2) is 21.8 Å². The van der Waals surface area contributed by atoms with Crippen LogP contribution >= 0.6 is 0 Å².